The minimum atomic E-state index is -4.36. The molecule has 26 heteroatoms. The van der Waals surface area contributed by atoms with E-state index >= 15 is 0 Å². The number of aliphatic hydroxyl groups excluding tert-OH is 2. The highest BCUT2D eigenvalue weighted by Crippen LogP contribution is 2.60. The molecule has 46 heavy (non-hydrogen) atoms. The molecule has 22 nitrogen and oxygen atoms in total. The van der Waals surface area contributed by atoms with Crippen molar-refractivity contribution in [2.75, 3.05) is 24.7 Å². The molecular weight excluding hydrogens is 698 g/mol. The molecule has 8 N–H and O–H groups in total. The summed E-state index contributed by atoms with van der Waals surface area (Å²) in [6, 6.07) is 0. The van der Waals surface area contributed by atoms with Crippen molar-refractivity contribution in [3.05, 3.63) is 33.4 Å². The second-order valence-electron chi connectivity index (χ2n) is 10.3. The predicted molar refractivity (Wildman–Crippen MR) is 160 cm³/mol. The summed E-state index contributed by atoms with van der Waals surface area (Å²) in [5.74, 6) is -0.460. The standard InChI is InChI=1S/C20H24N10O12P2S2/c21-19-25-13-7(15(33)27-19)23-3-29(13)17-9(31)11-5(39-17)1-37-43(35,45)42-12-6(2-38-44(36,46)41-11)40-18(10(12)32)30-4-24-8-14(30)26-20(22)28-16(8)34/h3-6,9-12,17-18,31-32H,1-2H2,(H,35,45)(H,36,46)(H3,21,25,27,33)(H3,22,26,28,34)/t5-,6-,9-,10?,11?,12-,17+,18?,43-,44-/m0/s1. The Morgan fingerprint density at radius 3 is 1.57 bits per heavy atom. The van der Waals surface area contributed by atoms with E-state index in [-0.39, 0.29) is 34.2 Å². The van der Waals surface area contributed by atoms with E-state index in [2.05, 4.69) is 54.4 Å². The predicted octanol–water partition coefficient (Wildman–Crippen LogP) is -1.17. The van der Waals surface area contributed by atoms with Crippen LogP contribution in [0.15, 0.2) is 22.2 Å². The zero-order valence-electron chi connectivity index (χ0n) is 22.8. The molecule has 3 aliphatic heterocycles. The van der Waals surface area contributed by atoms with E-state index in [4.69, 9.17) is 39.0 Å². The Bertz CT molecular complexity index is 1910. The highest BCUT2D eigenvalue weighted by molar-refractivity contribution is 8.44. The quantitative estimate of drug-likeness (QED) is 0.0892. The van der Waals surface area contributed by atoms with Crippen LogP contribution in [0, 0.1) is 0 Å². The lowest BCUT2D eigenvalue weighted by Gasteiger charge is -2.28. The van der Waals surface area contributed by atoms with Gasteiger partial charge in [0, 0.05) is 0 Å². The number of aliphatic hydroxyl groups is 2. The van der Waals surface area contributed by atoms with Gasteiger partial charge in [-0.05, 0) is 0 Å². The first-order valence-electron chi connectivity index (χ1n) is 13.1. The molecule has 3 fully saturated rings. The van der Waals surface area contributed by atoms with Gasteiger partial charge in [0.05, 0.1) is 25.9 Å². The van der Waals surface area contributed by atoms with Crippen molar-refractivity contribution in [2.45, 2.75) is 49.1 Å². The van der Waals surface area contributed by atoms with Crippen LogP contribution in [0.3, 0.4) is 0 Å². The van der Waals surface area contributed by atoms with Crippen LogP contribution in [0.1, 0.15) is 12.5 Å². The average molecular weight is 723 g/mol. The molecule has 4 aromatic heterocycles. The van der Waals surface area contributed by atoms with Crippen molar-refractivity contribution in [2.24, 2.45) is 0 Å². The van der Waals surface area contributed by atoms with E-state index in [1.165, 1.54) is 9.13 Å². The van der Waals surface area contributed by atoms with Crippen LogP contribution in [0.2, 0.25) is 0 Å². The van der Waals surface area contributed by atoms with Crippen LogP contribution >= 0.6 is 38.1 Å². The minimum Gasteiger partial charge on any atom is -0.386 e. The normalized spacial score (nSPS) is 37.1. The molecule has 3 unspecified atom stereocenters. The molecule has 0 spiro atoms. The van der Waals surface area contributed by atoms with E-state index in [0.29, 0.717) is 0 Å². The van der Waals surface area contributed by atoms with Crippen LogP contribution in [-0.2, 0) is 36.7 Å². The summed E-state index contributed by atoms with van der Waals surface area (Å²) in [6.07, 6.45) is -9.18. The van der Waals surface area contributed by atoms with Gasteiger partial charge in [0.2, 0.25) is 11.9 Å². The van der Waals surface area contributed by atoms with Gasteiger partial charge in [0.25, 0.3) is 11.1 Å². The van der Waals surface area contributed by atoms with Gasteiger partial charge in [-0.2, -0.15) is 9.97 Å². The number of hydrogen-bond acceptors (Lipinski definition) is 18. The van der Waals surface area contributed by atoms with E-state index < -0.39 is 87.0 Å². The van der Waals surface area contributed by atoms with Gasteiger partial charge in [0.1, 0.15) is 36.6 Å². The molecule has 7 heterocycles. The second kappa shape index (κ2) is 11.4. The molecule has 10 atom stereocenters. The fourth-order valence-corrected chi connectivity index (χ4v) is 8.37. The number of hydrogen-bond donors (Lipinski definition) is 8. The number of imidazole rings is 2. The van der Waals surface area contributed by atoms with Gasteiger partial charge >= 0.3 is 13.6 Å². The van der Waals surface area contributed by atoms with E-state index in [1.54, 1.807) is 0 Å². The number of nitrogen functional groups attached to an aromatic ring is 2. The van der Waals surface area contributed by atoms with Crippen LogP contribution in [0.4, 0.5) is 11.9 Å². The first kappa shape index (κ1) is 31.7. The third kappa shape index (κ3) is 5.56. The number of H-pyrrole nitrogens is 2. The average Bonchev–Trinajstić information content (AvgIpc) is 3.72. The molecule has 248 valence electrons. The van der Waals surface area contributed by atoms with Gasteiger partial charge in [-0.15, -0.1) is 0 Å². The lowest BCUT2D eigenvalue weighted by molar-refractivity contribution is -0.0561. The molecule has 7 rings (SSSR count). The van der Waals surface area contributed by atoms with Crippen LogP contribution in [-0.4, -0.2) is 99.1 Å². The number of aromatic amines is 2. The Morgan fingerprint density at radius 2 is 1.17 bits per heavy atom. The monoisotopic (exact) mass is 722 g/mol. The number of aromatic nitrogens is 8. The Kier molecular flexibility index (Phi) is 7.85. The van der Waals surface area contributed by atoms with Crippen LogP contribution < -0.4 is 22.6 Å². The molecule has 0 amide bonds. The molecule has 4 aromatic rings. The van der Waals surface area contributed by atoms with E-state index in [9.17, 15) is 28.9 Å². The third-order valence-corrected chi connectivity index (χ3v) is 10.6. The number of rotatable bonds is 2. The maximum atomic E-state index is 13.4. The summed E-state index contributed by atoms with van der Waals surface area (Å²) in [6.45, 7) is -9.96. The molecule has 0 aromatic carbocycles. The summed E-state index contributed by atoms with van der Waals surface area (Å²) in [5.41, 5.74) is 9.74. The van der Waals surface area contributed by atoms with Crippen molar-refractivity contribution in [3.8, 4) is 0 Å². The Labute approximate surface area is 265 Å². The van der Waals surface area contributed by atoms with Crippen molar-refractivity contribution >= 4 is 72.3 Å². The topological polar surface area (TPSA) is 309 Å². The summed E-state index contributed by atoms with van der Waals surface area (Å²) in [7, 11) is 0. The zero-order chi connectivity index (χ0) is 32.7. The second-order valence-corrected chi connectivity index (χ2v) is 16.1. The van der Waals surface area contributed by atoms with Crippen molar-refractivity contribution in [1.82, 2.24) is 39.0 Å². The fourth-order valence-electron chi connectivity index (χ4n) is 5.39. The van der Waals surface area contributed by atoms with Crippen molar-refractivity contribution in [3.63, 3.8) is 0 Å². The summed E-state index contributed by atoms with van der Waals surface area (Å²) in [4.78, 5) is 45.2. The SMILES string of the molecule is Nc1nc2c(ncn2C2O[C@H]3CO[P@](=O)(S)OC4[C@H](CO[P@](=O)(S)O[C@@H]3C2O)O[C@@H](n2cnc3c(=O)[nH]c(N)nc32)[C@H]4O)c(=O)[nH]1. The summed E-state index contributed by atoms with van der Waals surface area (Å²) in [5, 5.41) is 22.5. The largest absolute Gasteiger partial charge is 0.386 e. The highest BCUT2D eigenvalue weighted by Gasteiger charge is 2.53. The number of anilines is 2. The van der Waals surface area contributed by atoms with E-state index in [0.717, 1.165) is 12.7 Å². The summed E-state index contributed by atoms with van der Waals surface area (Å²) < 4.78 is 63.2. The number of fused-ring (bicyclic) bond motifs is 4. The smallest absolute Gasteiger partial charge is 0.386 e. The van der Waals surface area contributed by atoms with Gasteiger partial charge in [-0.3, -0.25) is 46.8 Å². The summed E-state index contributed by atoms with van der Waals surface area (Å²) >= 11 is 8.07. The Morgan fingerprint density at radius 1 is 0.783 bits per heavy atom. The number of thiol groups is 2. The first-order valence-corrected chi connectivity index (χ1v) is 18.5. The molecular formula is C20H24N10O12P2S2. The fraction of sp³-hybridized carbons (Fsp3) is 0.500. The van der Waals surface area contributed by atoms with Crippen molar-refractivity contribution in [1.29, 1.82) is 0 Å². The van der Waals surface area contributed by atoms with Gasteiger partial charge in [-0.25, -0.2) is 19.1 Å². The van der Waals surface area contributed by atoms with Gasteiger partial charge in [0.15, 0.2) is 34.8 Å². The number of ether oxygens (including phenoxy) is 2. The molecule has 0 bridgehead atoms. The highest BCUT2D eigenvalue weighted by atomic mass is 32.7. The molecule has 0 saturated carbocycles. The lowest BCUT2D eigenvalue weighted by atomic mass is 10.1. The van der Waals surface area contributed by atoms with Gasteiger partial charge in [-0.1, -0.05) is 24.5 Å². The first-order chi connectivity index (χ1) is 21.7. The Hall–Kier alpha value is -2.86. The van der Waals surface area contributed by atoms with E-state index in [1.807, 2.05) is 0 Å². The molecule has 0 radical (unpaired) electrons. The van der Waals surface area contributed by atoms with Crippen LogP contribution in [0.5, 0.6) is 0 Å². The molecule has 0 aliphatic carbocycles. The lowest BCUT2D eigenvalue weighted by Crippen LogP contribution is -2.38. The third-order valence-electron chi connectivity index (χ3n) is 7.38. The van der Waals surface area contributed by atoms with Crippen LogP contribution in [0.25, 0.3) is 22.3 Å². The van der Waals surface area contributed by atoms with Crippen molar-refractivity contribution < 1.29 is 46.9 Å². The number of nitrogens with one attached hydrogen (secondary N) is 2. The maximum absolute atomic E-state index is 13.4. The van der Waals surface area contributed by atoms with Gasteiger partial charge < -0.3 is 31.2 Å². The minimum absolute atomic E-state index is 0.0429. The number of nitrogens with two attached hydrogens (primary N) is 2. The maximum Gasteiger partial charge on any atom is 0.386 e. The molecule has 3 aliphatic rings. The Balaban J connectivity index is 1.18. The number of nitrogens with zero attached hydrogens (tertiary/aromatic N) is 6. The molecule has 3 saturated heterocycles. The zero-order valence-corrected chi connectivity index (χ0v) is 26.4.